The Balaban J connectivity index is 2.09. The Labute approximate surface area is 100 Å². The van der Waals surface area contributed by atoms with Crippen LogP contribution >= 0.6 is 11.3 Å². The maximum absolute atomic E-state index is 4.44. The Morgan fingerprint density at radius 2 is 2.06 bits per heavy atom. The highest BCUT2D eigenvalue weighted by molar-refractivity contribution is 7.17. The van der Waals surface area contributed by atoms with E-state index < -0.39 is 0 Å². The molecule has 0 unspecified atom stereocenters. The van der Waals surface area contributed by atoms with Crippen LogP contribution in [0.3, 0.4) is 0 Å². The predicted molar refractivity (Wildman–Crippen MR) is 70.4 cm³/mol. The molecule has 1 saturated heterocycles. The molecule has 0 saturated carbocycles. The summed E-state index contributed by atoms with van der Waals surface area (Å²) < 4.78 is 1.44. The fourth-order valence-corrected chi connectivity index (χ4v) is 3.77. The van der Waals surface area contributed by atoms with Crippen molar-refractivity contribution >= 4 is 21.4 Å². The maximum atomic E-state index is 4.44. The Kier molecular flexibility index (Phi) is 2.70. The minimum Gasteiger partial charge on any atom is -0.242 e. The largest absolute Gasteiger partial charge is 0.242 e. The van der Waals surface area contributed by atoms with Gasteiger partial charge in [0.1, 0.15) is 0 Å². The average Bonchev–Trinajstić information content (AvgIpc) is 2.75. The van der Waals surface area contributed by atoms with E-state index in [1.165, 1.54) is 28.5 Å². The molecule has 2 heteroatoms. The second-order valence-corrected chi connectivity index (χ2v) is 5.50. The SMILES string of the molecule is Cc1cccc2scc(C3CC[N]CC3)c12. The van der Waals surface area contributed by atoms with Crippen molar-refractivity contribution in [2.75, 3.05) is 13.1 Å². The summed E-state index contributed by atoms with van der Waals surface area (Å²) in [5.41, 5.74) is 3.00. The molecule has 3 rings (SSSR count). The second kappa shape index (κ2) is 4.19. The van der Waals surface area contributed by atoms with E-state index in [1.54, 1.807) is 5.56 Å². The van der Waals surface area contributed by atoms with Crippen LogP contribution in [0.1, 0.15) is 29.9 Å². The summed E-state index contributed by atoms with van der Waals surface area (Å²) in [4.78, 5) is 0. The van der Waals surface area contributed by atoms with E-state index in [0.717, 1.165) is 19.0 Å². The van der Waals surface area contributed by atoms with Gasteiger partial charge in [-0.3, -0.25) is 0 Å². The van der Waals surface area contributed by atoms with Crippen LogP contribution < -0.4 is 5.32 Å². The van der Waals surface area contributed by atoms with E-state index in [2.05, 4.69) is 35.8 Å². The van der Waals surface area contributed by atoms with Gasteiger partial charge in [0, 0.05) is 17.8 Å². The van der Waals surface area contributed by atoms with Crippen LogP contribution in [0.4, 0.5) is 0 Å². The number of hydrogen-bond donors (Lipinski definition) is 0. The predicted octanol–water partition coefficient (Wildman–Crippen LogP) is 3.69. The van der Waals surface area contributed by atoms with Gasteiger partial charge in [0.15, 0.2) is 0 Å². The molecule has 1 aromatic heterocycles. The number of thiophene rings is 1. The van der Waals surface area contributed by atoms with Gasteiger partial charge in [-0.1, -0.05) is 12.1 Å². The van der Waals surface area contributed by atoms with Gasteiger partial charge in [0.05, 0.1) is 0 Å². The van der Waals surface area contributed by atoms with Gasteiger partial charge in [-0.25, -0.2) is 5.32 Å². The molecule has 0 amide bonds. The molecule has 1 aliphatic rings. The van der Waals surface area contributed by atoms with Crippen LogP contribution in [0.25, 0.3) is 10.1 Å². The molecule has 16 heavy (non-hydrogen) atoms. The first-order chi connectivity index (χ1) is 7.86. The lowest BCUT2D eigenvalue weighted by atomic mass is 9.89. The van der Waals surface area contributed by atoms with Gasteiger partial charge >= 0.3 is 0 Å². The van der Waals surface area contributed by atoms with Crippen molar-refractivity contribution in [1.82, 2.24) is 5.32 Å². The van der Waals surface area contributed by atoms with E-state index in [0.29, 0.717) is 0 Å². The highest BCUT2D eigenvalue weighted by atomic mass is 32.1. The molecule has 83 valence electrons. The molecule has 1 aromatic carbocycles. The normalized spacial score (nSPS) is 18.1. The Morgan fingerprint density at radius 1 is 1.25 bits per heavy atom. The van der Waals surface area contributed by atoms with Crippen molar-refractivity contribution in [2.24, 2.45) is 0 Å². The van der Waals surface area contributed by atoms with Crippen LogP contribution in [-0.2, 0) is 0 Å². The van der Waals surface area contributed by atoms with Crippen molar-refractivity contribution < 1.29 is 0 Å². The molecule has 1 aliphatic heterocycles. The van der Waals surface area contributed by atoms with Crippen molar-refractivity contribution in [3.05, 3.63) is 34.7 Å². The molecule has 1 nitrogen and oxygen atoms in total. The number of benzene rings is 1. The van der Waals surface area contributed by atoms with Crippen LogP contribution in [0.5, 0.6) is 0 Å². The molecular formula is C14H16NS. The van der Waals surface area contributed by atoms with Gasteiger partial charge in [-0.05, 0) is 53.6 Å². The van der Waals surface area contributed by atoms with Crippen molar-refractivity contribution in [3.63, 3.8) is 0 Å². The topological polar surface area (TPSA) is 14.1 Å². The number of nitrogens with zero attached hydrogens (tertiary/aromatic N) is 1. The third-order valence-corrected chi connectivity index (χ3v) is 4.51. The molecule has 0 atom stereocenters. The molecule has 1 radical (unpaired) electrons. The van der Waals surface area contributed by atoms with Gasteiger partial charge in [-0.15, -0.1) is 11.3 Å². The fraction of sp³-hybridized carbons (Fsp3) is 0.429. The summed E-state index contributed by atoms with van der Waals surface area (Å²) in [5.74, 6) is 0.743. The summed E-state index contributed by atoms with van der Waals surface area (Å²) in [6, 6.07) is 6.63. The van der Waals surface area contributed by atoms with E-state index in [-0.39, 0.29) is 0 Å². The first-order valence-corrected chi connectivity index (χ1v) is 6.84. The lowest BCUT2D eigenvalue weighted by molar-refractivity contribution is 0.456. The minimum atomic E-state index is 0.743. The summed E-state index contributed by atoms with van der Waals surface area (Å²) >= 11 is 1.89. The third kappa shape index (κ3) is 1.66. The zero-order chi connectivity index (χ0) is 11.0. The van der Waals surface area contributed by atoms with Gasteiger partial charge < -0.3 is 0 Å². The highest BCUT2D eigenvalue weighted by Crippen LogP contribution is 2.37. The summed E-state index contributed by atoms with van der Waals surface area (Å²) in [6.45, 7) is 4.33. The number of piperidine rings is 1. The molecule has 1 fully saturated rings. The molecule has 0 N–H and O–H groups in total. The Hall–Kier alpha value is -0.860. The number of fused-ring (bicyclic) bond motifs is 1. The molecule has 0 bridgehead atoms. The van der Waals surface area contributed by atoms with Crippen molar-refractivity contribution in [2.45, 2.75) is 25.7 Å². The van der Waals surface area contributed by atoms with Crippen LogP contribution in [-0.4, -0.2) is 13.1 Å². The third-order valence-electron chi connectivity index (χ3n) is 3.55. The van der Waals surface area contributed by atoms with Crippen molar-refractivity contribution in [3.8, 4) is 0 Å². The monoisotopic (exact) mass is 230 g/mol. The lowest BCUT2D eigenvalue weighted by Gasteiger charge is -2.21. The standard InChI is InChI=1S/C14H16NS/c1-10-3-2-4-13-14(10)12(9-16-13)11-5-7-15-8-6-11/h2-4,9,11H,5-8H2,1H3. The van der Waals surface area contributed by atoms with Crippen molar-refractivity contribution in [1.29, 1.82) is 0 Å². The van der Waals surface area contributed by atoms with Gasteiger partial charge in [-0.2, -0.15) is 0 Å². The van der Waals surface area contributed by atoms with Crippen LogP contribution in [0.2, 0.25) is 0 Å². The quantitative estimate of drug-likeness (QED) is 0.709. The van der Waals surface area contributed by atoms with Crippen LogP contribution in [0.15, 0.2) is 23.6 Å². The number of rotatable bonds is 1. The summed E-state index contributed by atoms with van der Waals surface area (Å²) in [7, 11) is 0. The molecule has 0 aliphatic carbocycles. The number of aryl methyl sites for hydroxylation is 1. The van der Waals surface area contributed by atoms with Gasteiger partial charge in [0.2, 0.25) is 0 Å². The zero-order valence-electron chi connectivity index (χ0n) is 9.57. The molecule has 0 spiro atoms. The zero-order valence-corrected chi connectivity index (χ0v) is 10.4. The number of hydrogen-bond acceptors (Lipinski definition) is 1. The second-order valence-electron chi connectivity index (χ2n) is 4.58. The molecular weight excluding hydrogens is 214 g/mol. The van der Waals surface area contributed by atoms with E-state index in [9.17, 15) is 0 Å². The molecule has 2 heterocycles. The fourth-order valence-electron chi connectivity index (χ4n) is 2.66. The van der Waals surface area contributed by atoms with E-state index >= 15 is 0 Å². The van der Waals surface area contributed by atoms with E-state index in [4.69, 9.17) is 0 Å². The molecule has 2 aromatic rings. The van der Waals surface area contributed by atoms with Crippen LogP contribution in [0, 0.1) is 6.92 Å². The average molecular weight is 230 g/mol. The maximum Gasteiger partial charge on any atom is 0.0348 e. The summed E-state index contributed by atoms with van der Waals surface area (Å²) in [6.07, 6.45) is 2.47. The highest BCUT2D eigenvalue weighted by Gasteiger charge is 2.19. The first kappa shape index (κ1) is 10.3. The smallest absolute Gasteiger partial charge is 0.0348 e. The summed E-state index contributed by atoms with van der Waals surface area (Å²) in [5, 5.41) is 8.33. The Bertz CT molecular complexity index is 494. The first-order valence-electron chi connectivity index (χ1n) is 5.96. The van der Waals surface area contributed by atoms with Gasteiger partial charge in [0.25, 0.3) is 0 Å². The Morgan fingerprint density at radius 3 is 2.88 bits per heavy atom. The lowest BCUT2D eigenvalue weighted by Crippen LogP contribution is -2.20. The minimum absolute atomic E-state index is 0.743. The van der Waals surface area contributed by atoms with E-state index in [1.807, 2.05) is 11.3 Å².